The van der Waals surface area contributed by atoms with Gasteiger partial charge < -0.3 is 25.3 Å². The highest BCUT2D eigenvalue weighted by Crippen LogP contribution is 2.29. The van der Waals surface area contributed by atoms with Gasteiger partial charge in [0.05, 0.1) is 17.1 Å². The Morgan fingerprint density at radius 2 is 2.06 bits per heavy atom. The molecule has 0 spiro atoms. The molecule has 1 aromatic carbocycles. The zero-order chi connectivity index (χ0) is 24.9. The van der Waals surface area contributed by atoms with E-state index in [1.165, 1.54) is 0 Å². The standard InChI is InChI=1S/C26H33N7O2/c1-4-35-16-22-31-23-24(17(2)18(3)29-25(23)28)33(22)13-10-19-8-11-32(12-9-19)26(34)30-21-7-5-6-20(14-21)15-27/h5-7,14,19H,4,8-13,16H2,1-3H3,(H2,28,29)(H,30,34). The lowest BCUT2D eigenvalue weighted by Crippen LogP contribution is -2.41. The third-order valence-corrected chi connectivity index (χ3v) is 6.82. The highest BCUT2D eigenvalue weighted by atomic mass is 16.5. The summed E-state index contributed by atoms with van der Waals surface area (Å²) in [6.45, 7) is 9.31. The predicted molar refractivity (Wildman–Crippen MR) is 136 cm³/mol. The molecule has 9 heteroatoms. The molecule has 2 aromatic heterocycles. The van der Waals surface area contributed by atoms with E-state index in [9.17, 15) is 4.79 Å². The minimum absolute atomic E-state index is 0.118. The van der Waals surface area contributed by atoms with Gasteiger partial charge in [0.25, 0.3) is 0 Å². The van der Waals surface area contributed by atoms with Gasteiger partial charge in [0, 0.05) is 37.6 Å². The molecular weight excluding hydrogens is 442 g/mol. The van der Waals surface area contributed by atoms with Crippen molar-refractivity contribution < 1.29 is 9.53 Å². The van der Waals surface area contributed by atoms with Crippen molar-refractivity contribution in [3.8, 4) is 6.07 Å². The molecule has 9 nitrogen and oxygen atoms in total. The van der Waals surface area contributed by atoms with Crippen LogP contribution in [0, 0.1) is 31.1 Å². The number of fused-ring (bicyclic) bond motifs is 1. The summed E-state index contributed by atoms with van der Waals surface area (Å²) in [7, 11) is 0. The molecule has 0 radical (unpaired) electrons. The summed E-state index contributed by atoms with van der Waals surface area (Å²) >= 11 is 0. The number of carbonyl (C=O) groups excluding carboxylic acids is 1. The van der Waals surface area contributed by atoms with Crippen molar-refractivity contribution in [3.63, 3.8) is 0 Å². The number of ether oxygens (including phenoxy) is 1. The fourth-order valence-corrected chi connectivity index (χ4v) is 4.70. The minimum Gasteiger partial charge on any atom is -0.382 e. The number of anilines is 2. The Hall–Kier alpha value is -3.64. The van der Waals surface area contributed by atoms with E-state index in [4.69, 9.17) is 20.7 Å². The maximum Gasteiger partial charge on any atom is 0.321 e. The maximum atomic E-state index is 12.7. The van der Waals surface area contributed by atoms with Gasteiger partial charge in [-0.3, -0.25) is 0 Å². The Labute approximate surface area is 205 Å². The maximum absolute atomic E-state index is 12.7. The van der Waals surface area contributed by atoms with E-state index in [1.807, 2.05) is 18.7 Å². The summed E-state index contributed by atoms with van der Waals surface area (Å²) in [6, 6.07) is 8.96. The number of rotatable bonds is 7. The summed E-state index contributed by atoms with van der Waals surface area (Å²) in [5.41, 5.74) is 11.2. The van der Waals surface area contributed by atoms with Crippen LogP contribution in [-0.2, 0) is 17.9 Å². The number of amides is 2. The number of pyridine rings is 1. The number of aryl methyl sites for hydroxylation is 3. The van der Waals surface area contributed by atoms with Crippen LogP contribution in [0.15, 0.2) is 24.3 Å². The average molecular weight is 476 g/mol. The molecule has 0 bridgehead atoms. The van der Waals surface area contributed by atoms with Crippen molar-refractivity contribution in [2.45, 2.75) is 53.2 Å². The van der Waals surface area contributed by atoms with E-state index in [0.29, 0.717) is 49.3 Å². The van der Waals surface area contributed by atoms with Crippen LogP contribution in [0.25, 0.3) is 11.0 Å². The number of imidazole rings is 1. The highest BCUT2D eigenvalue weighted by molar-refractivity contribution is 5.90. The van der Waals surface area contributed by atoms with Gasteiger partial charge in [0.15, 0.2) is 5.82 Å². The lowest BCUT2D eigenvalue weighted by atomic mass is 9.93. The van der Waals surface area contributed by atoms with Gasteiger partial charge in [-0.05, 0) is 69.7 Å². The largest absolute Gasteiger partial charge is 0.382 e. The summed E-state index contributed by atoms with van der Waals surface area (Å²) in [5, 5.41) is 12.0. The number of urea groups is 1. The number of aromatic nitrogens is 3. The molecule has 184 valence electrons. The van der Waals surface area contributed by atoms with Gasteiger partial charge in [-0.2, -0.15) is 5.26 Å². The van der Waals surface area contributed by atoms with E-state index >= 15 is 0 Å². The fourth-order valence-electron chi connectivity index (χ4n) is 4.70. The molecule has 3 N–H and O–H groups in total. The molecular formula is C26H33N7O2. The molecule has 35 heavy (non-hydrogen) atoms. The molecule has 1 aliphatic heterocycles. The summed E-state index contributed by atoms with van der Waals surface area (Å²) in [6.07, 6.45) is 2.88. The number of hydrogen-bond donors (Lipinski definition) is 2. The number of likely N-dealkylation sites (tertiary alicyclic amines) is 1. The van der Waals surface area contributed by atoms with Crippen molar-refractivity contribution in [2.75, 3.05) is 30.7 Å². The van der Waals surface area contributed by atoms with E-state index in [-0.39, 0.29) is 6.03 Å². The molecule has 1 aliphatic rings. The number of nitrogens with two attached hydrogens (primary N) is 1. The minimum atomic E-state index is -0.118. The first-order valence-electron chi connectivity index (χ1n) is 12.2. The molecule has 0 unspecified atom stereocenters. The first-order valence-corrected chi connectivity index (χ1v) is 12.2. The molecule has 1 fully saturated rings. The quantitative estimate of drug-likeness (QED) is 0.523. The zero-order valence-electron chi connectivity index (χ0n) is 20.7. The van der Waals surface area contributed by atoms with Crippen molar-refractivity contribution in [2.24, 2.45) is 5.92 Å². The van der Waals surface area contributed by atoms with Crippen molar-refractivity contribution in [3.05, 3.63) is 46.9 Å². The monoisotopic (exact) mass is 475 g/mol. The molecule has 1 saturated heterocycles. The zero-order valence-corrected chi connectivity index (χ0v) is 20.7. The topological polar surface area (TPSA) is 122 Å². The Bertz CT molecular complexity index is 1250. The second kappa shape index (κ2) is 10.7. The van der Waals surface area contributed by atoms with E-state index < -0.39 is 0 Å². The first kappa shape index (κ1) is 24.5. The van der Waals surface area contributed by atoms with E-state index in [0.717, 1.165) is 53.9 Å². The number of piperidine rings is 1. The van der Waals surface area contributed by atoms with Gasteiger partial charge in [0.1, 0.15) is 17.9 Å². The number of carbonyl (C=O) groups is 1. The third kappa shape index (κ3) is 5.38. The average Bonchev–Trinajstić information content (AvgIpc) is 3.24. The normalized spacial score (nSPS) is 14.3. The Balaban J connectivity index is 1.40. The van der Waals surface area contributed by atoms with Gasteiger partial charge in [-0.1, -0.05) is 6.07 Å². The lowest BCUT2D eigenvalue weighted by Gasteiger charge is -2.32. The summed E-state index contributed by atoms with van der Waals surface area (Å²) < 4.78 is 7.92. The predicted octanol–water partition coefficient (Wildman–Crippen LogP) is 4.37. The van der Waals surface area contributed by atoms with E-state index in [2.05, 4.69) is 27.9 Å². The van der Waals surface area contributed by atoms with Crippen LogP contribution < -0.4 is 11.1 Å². The summed E-state index contributed by atoms with van der Waals surface area (Å²) in [5.74, 6) is 1.85. The second-order valence-electron chi connectivity index (χ2n) is 9.06. The van der Waals surface area contributed by atoms with Crippen molar-refractivity contribution in [1.29, 1.82) is 5.26 Å². The van der Waals surface area contributed by atoms with Crippen LogP contribution in [0.3, 0.4) is 0 Å². The number of nitriles is 1. The van der Waals surface area contributed by atoms with Crippen LogP contribution >= 0.6 is 0 Å². The Morgan fingerprint density at radius 3 is 2.77 bits per heavy atom. The van der Waals surface area contributed by atoms with Gasteiger partial charge in [-0.25, -0.2) is 14.8 Å². The van der Waals surface area contributed by atoms with Gasteiger partial charge in [-0.15, -0.1) is 0 Å². The van der Waals surface area contributed by atoms with Crippen LogP contribution in [0.4, 0.5) is 16.3 Å². The number of nitrogens with zero attached hydrogens (tertiary/aromatic N) is 5. The van der Waals surface area contributed by atoms with Crippen LogP contribution in [0.2, 0.25) is 0 Å². The number of nitrogens with one attached hydrogen (secondary N) is 1. The molecule has 3 aromatic rings. The van der Waals surface area contributed by atoms with E-state index in [1.54, 1.807) is 24.3 Å². The van der Waals surface area contributed by atoms with Crippen LogP contribution in [0.1, 0.15) is 48.8 Å². The van der Waals surface area contributed by atoms with Gasteiger partial charge in [0.2, 0.25) is 0 Å². The number of benzene rings is 1. The first-order chi connectivity index (χ1) is 16.9. The Kier molecular flexibility index (Phi) is 7.51. The third-order valence-electron chi connectivity index (χ3n) is 6.82. The molecule has 2 amide bonds. The molecule has 4 rings (SSSR count). The van der Waals surface area contributed by atoms with Crippen molar-refractivity contribution in [1.82, 2.24) is 19.4 Å². The van der Waals surface area contributed by atoms with Crippen LogP contribution in [-0.4, -0.2) is 45.2 Å². The van der Waals surface area contributed by atoms with Gasteiger partial charge >= 0.3 is 6.03 Å². The molecule has 3 heterocycles. The molecule has 0 aliphatic carbocycles. The molecule has 0 atom stereocenters. The number of hydrogen-bond acceptors (Lipinski definition) is 6. The Morgan fingerprint density at radius 1 is 1.29 bits per heavy atom. The highest BCUT2D eigenvalue weighted by Gasteiger charge is 2.24. The summed E-state index contributed by atoms with van der Waals surface area (Å²) in [4.78, 5) is 23.8. The smallest absolute Gasteiger partial charge is 0.321 e. The van der Waals surface area contributed by atoms with Crippen molar-refractivity contribution >= 4 is 28.6 Å². The van der Waals surface area contributed by atoms with Crippen LogP contribution in [0.5, 0.6) is 0 Å². The fraction of sp³-hybridized carbons (Fsp3) is 0.462. The SMILES string of the molecule is CCOCc1nc2c(N)nc(C)c(C)c2n1CCC1CCN(C(=O)Nc2cccc(C#N)c2)CC1. The second-order valence-corrected chi connectivity index (χ2v) is 9.06. The number of nitrogen functional groups attached to an aromatic ring is 1. The lowest BCUT2D eigenvalue weighted by molar-refractivity contribution is 0.125. The molecule has 0 saturated carbocycles.